The Kier molecular flexibility index (Phi) is 2.95. The molecule has 80 valence electrons. The van der Waals surface area contributed by atoms with Crippen LogP contribution in [0.15, 0.2) is 30.4 Å². The third-order valence-corrected chi connectivity index (χ3v) is 2.86. The summed E-state index contributed by atoms with van der Waals surface area (Å²) in [5, 5.41) is 18.8. The quantitative estimate of drug-likeness (QED) is 0.689. The molecule has 2 rings (SSSR count). The van der Waals surface area contributed by atoms with Gasteiger partial charge in [0.05, 0.1) is 0 Å². The molecule has 2 heteroatoms. The molecule has 1 atom stereocenters. The SMILES string of the molecule is Oc1cc(O)cc(C2C=CCCCC2)c1. The highest BCUT2D eigenvalue weighted by atomic mass is 16.3. The molecule has 0 amide bonds. The van der Waals surface area contributed by atoms with Crippen LogP contribution in [0.2, 0.25) is 0 Å². The molecule has 1 unspecified atom stereocenters. The standard InChI is InChI=1S/C13H16O2/c14-12-7-11(8-13(15)9-12)10-5-3-1-2-4-6-10/h3,5,7-10,14-15H,1-2,4,6H2. The third-order valence-electron chi connectivity index (χ3n) is 2.86. The fourth-order valence-electron chi connectivity index (χ4n) is 2.09. The van der Waals surface area contributed by atoms with Gasteiger partial charge in [0.1, 0.15) is 11.5 Å². The van der Waals surface area contributed by atoms with Gasteiger partial charge in [-0.3, -0.25) is 0 Å². The first-order valence-corrected chi connectivity index (χ1v) is 5.45. The van der Waals surface area contributed by atoms with Gasteiger partial charge in [-0.1, -0.05) is 18.6 Å². The van der Waals surface area contributed by atoms with Crippen LogP contribution in [0, 0.1) is 0 Å². The molecule has 2 nitrogen and oxygen atoms in total. The molecule has 0 saturated heterocycles. The highest BCUT2D eigenvalue weighted by molar-refractivity contribution is 5.39. The first-order valence-electron chi connectivity index (χ1n) is 5.45. The Morgan fingerprint density at radius 1 is 1.00 bits per heavy atom. The van der Waals surface area contributed by atoms with E-state index in [9.17, 15) is 10.2 Å². The highest BCUT2D eigenvalue weighted by Gasteiger charge is 2.11. The van der Waals surface area contributed by atoms with Crippen molar-refractivity contribution in [2.75, 3.05) is 0 Å². The van der Waals surface area contributed by atoms with Crippen molar-refractivity contribution in [1.82, 2.24) is 0 Å². The van der Waals surface area contributed by atoms with Crippen molar-refractivity contribution in [3.8, 4) is 11.5 Å². The Labute approximate surface area is 89.9 Å². The van der Waals surface area contributed by atoms with Crippen LogP contribution in [-0.2, 0) is 0 Å². The van der Waals surface area contributed by atoms with Crippen molar-refractivity contribution >= 4 is 0 Å². The number of phenolic OH excluding ortho intramolecular Hbond substituents is 2. The van der Waals surface area contributed by atoms with E-state index >= 15 is 0 Å². The summed E-state index contributed by atoms with van der Waals surface area (Å²) in [6, 6.07) is 4.84. The molecule has 0 heterocycles. The second-order valence-corrected chi connectivity index (χ2v) is 4.10. The number of phenols is 2. The number of hydrogen-bond acceptors (Lipinski definition) is 2. The molecule has 1 aliphatic carbocycles. The normalized spacial score (nSPS) is 21.2. The van der Waals surface area contributed by atoms with Crippen LogP contribution in [-0.4, -0.2) is 10.2 Å². The van der Waals surface area contributed by atoms with Crippen LogP contribution in [0.3, 0.4) is 0 Å². The van der Waals surface area contributed by atoms with Crippen LogP contribution in [0.4, 0.5) is 0 Å². The van der Waals surface area contributed by atoms with Crippen LogP contribution in [0.5, 0.6) is 11.5 Å². The van der Waals surface area contributed by atoms with E-state index < -0.39 is 0 Å². The van der Waals surface area contributed by atoms with E-state index in [0.29, 0.717) is 5.92 Å². The van der Waals surface area contributed by atoms with Crippen molar-refractivity contribution in [3.63, 3.8) is 0 Å². The first kappa shape index (κ1) is 10.1. The van der Waals surface area contributed by atoms with Crippen LogP contribution >= 0.6 is 0 Å². The molecule has 1 aliphatic rings. The van der Waals surface area contributed by atoms with Crippen LogP contribution in [0.25, 0.3) is 0 Å². The Balaban J connectivity index is 2.27. The minimum Gasteiger partial charge on any atom is -0.508 e. The fourth-order valence-corrected chi connectivity index (χ4v) is 2.09. The van der Waals surface area contributed by atoms with E-state index in [0.717, 1.165) is 18.4 Å². The highest BCUT2D eigenvalue weighted by Crippen LogP contribution is 2.31. The second kappa shape index (κ2) is 4.39. The number of benzene rings is 1. The first-order chi connectivity index (χ1) is 7.25. The lowest BCUT2D eigenvalue weighted by molar-refractivity contribution is 0.448. The molecular formula is C13H16O2. The number of hydrogen-bond donors (Lipinski definition) is 2. The average Bonchev–Trinajstić information content (AvgIpc) is 2.43. The Morgan fingerprint density at radius 2 is 1.73 bits per heavy atom. The largest absolute Gasteiger partial charge is 0.508 e. The summed E-state index contributed by atoms with van der Waals surface area (Å²) in [6.45, 7) is 0. The predicted molar refractivity (Wildman–Crippen MR) is 60.1 cm³/mol. The van der Waals surface area contributed by atoms with Gasteiger partial charge in [0.25, 0.3) is 0 Å². The zero-order chi connectivity index (χ0) is 10.7. The topological polar surface area (TPSA) is 40.5 Å². The molecule has 1 aromatic carbocycles. The number of allylic oxidation sites excluding steroid dienone is 2. The van der Waals surface area contributed by atoms with Crippen molar-refractivity contribution in [2.24, 2.45) is 0 Å². The van der Waals surface area contributed by atoms with Gasteiger partial charge in [-0.2, -0.15) is 0 Å². The van der Waals surface area contributed by atoms with Crippen molar-refractivity contribution < 1.29 is 10.2 Å². The van der Waals surface area contributed by atoms with E-state index in [4.69, 9.17) is 0 Å². The van der Waals surface area contributed by atoms with E-state index in [1.54, 1.807) is 12.1 Å². The lowest BCUT2D eigenvalue weighted by Gasteiger charge is -2.12. The maximum absolute atomic E-state index is 9.41. The molecule has 15 heavy (non-hydrogen) atoms. The molecule has 0 fully saturated rings. The molecule has 0 aliphatic heterocycles. The van der Waals surface area contributed by atoms with Gasteiger partial charge in [0, 0.05) is 12.0 Å². The summed E-state index contributed by atoms with van der Waals surface area (Å²) >= 11 is 0. The summed E-state index contributed by atoms with van der Waals surface area (Å²) in [6.07, 6.45) is 9.05. The van der Waals surface area contributed by atoms with Crippen LogP contribution < -0.4 is 0 Å². The van der Waals surface area contributed by atoms with Crippen molar-refractivity contribution in [2.45, 2.75) is 31.6 Å². The maximum Gasteiger partial charge on any atom is 0.119 e. The summed E-state index contributed by atoms with van der Waals surface area (Å²) in [7, 11) is 0. The van der Waals surface area contributed by atoms with Crippen LogP contribution in [0.1, 0.15) is 37.2 Å². The van der Waals surface area contributed by atoms with Gasteiger partial charge < -0.3 is 10.2 Å². The summed E-state index contributed by atoms with van der Waals surface area (Å²) in [4.78, 5) is 0. The average molecular weight is 204 g/mol. The molecule has 1 aromatic rings. The number of aromatic hydroxyl groups is 2. The summed E-state index contributed by atoms with van der Waals surface area (Å²) < 4.78 is 0. The van der Waals surface area contributed by atoms with E-state index in [1.165, 1.54) is 18.9 Å². The molecule has 2 N–H and O–H groups in total. The third kappa shape index (κ3) is 2.52. The van der Waals surface area contributed by atoms with E-state index in [1.807, 2.05) is 0 Å². The minimum absolute atomic E-state index is 0.141. The Hall–Kier alpha value is -1.44. The second-order valence-electron chi connectivity index (χ2n) is 4.10. The molecule has 0 radical (unpaired) electrons. The van der Waals surface area contributed by atoms with Gasteiger partial charge >= 0.3 is 0 Å². The Bertz CT molecular complexity index is 349. The zero-order valence-electron chi connectivity index (χ0n) is 8.69. The van der Waals surface area contributed by atoms with E-state index in [-0.39, 0.29) is 11.5 Å². The van der Waals surface area contributed by atoms with Gasteiger partial charge in [-0.15, -0.1) is 0 Å². The maximum atomic E-state index is 9.41. The van der Waals surface area contributed by atoms with Crippen molar-refractivity contribution in [1.29, 1.82) is 0 Å². The fraction of sp³-hybridized carbons (Fsp3) is 0.385. The van der Waals surface area contributed by atoms with Gasteiger partial charge in [0.15, 0.2) is 0 Å². The zero-order valence-corrected chi connectivity index (χ0v) is 8.69. The smallest absolute Gasteiger partial charge is 0.119 e. The predicted octanol–water partition coefficient (Wildman–Crippen LogP) is 3.31. The molecule has 0 aromatic heterocycles. The van der Waals surface area contributed by atoms with Crippen molar-refractivity contribution in [3.05, 3.63) is 35.9 Å². The summed E-state index contributed by atoms with van der Waals surface area (Å²) in [5.41, 5.74) is 1.01. The molecular weight excluding hydrogens is 188 g/mol. The Morgan fingerprint density at radius 3 is 2.47 bits per heavy atom. The number of rotatable bonds is 1. The lowest BCUT2D eigenvalue weighted by atomic mass is 9.94. The molecule has 0 bridgehead atoms. The van der Waals surface area contributed by atoms with Gasteiger partial charge in [0.2, 0.25) is 0 Å². The monoisotopic (exact) mass is 204 g/mol. The summed E-state index contributed by atoms with van der Waals surface area (Å²) in [5.74, 6) is 0.621. The molecule has 0 saturated carbocycles. The van der Waals surface area contributed by atoms with Gasteiger partial charge in [-0.25, -0.2) is 0 Å². The molecule has 0 spiro atoms. The van der Waals surface area contributed by atoms with E-state index in [2.05, 4.69) is 12.2 Å². The lowest BCUT2D eigenvalue weighted by Crippen LogP contribution is -1.93. The van der Waals surface area contributed by atoms with Gasteiger partial charge in [-0.05, 0) is 37.0 Å². The minimum atomic E-state index is 0.141.